The summed E-state index contributed by atoms with van der Waals surface area (Å²) in [6.07, 6.45) is -0.0366. The molecule has 1 fully saturated rings. The van der Waals surface area contributed by atoms with Crippen LogP contribution in [0.4, 0.5) is 5.69 Å². The minimum Gasteiger partial charge on any atom is -0.367 e. The van der Waals surface area contributed by atoms with Gasteiger partial charge in [0.1, 0.15) is 6.61 Å². The first kappa shape index (κ1) is 12.5. The number of nitro benzene ring substituents is 1. The molecule has 18 heavy (non-hydrogen) atoms. The Hall–Kier alpha value is -1.95. The Labute approximate surface area is 104 Å². The van der Waals surface area contributed by atoms with Crippen LogP contribution in [0.25, 0.3) is 0 Å². The van der Waals surface area contributed by atoms with Gasteiger partial charge in [0, 0.05) is 18.2 Å². The second-order valence-corrected chi connectivity index (χ2v) is 4.28. The van der Waals surface area contributed by atoms with Crippen molar-refractivity contribution in [2.45, 2.75) is 19.6 Å². The van der Waals surface area contributed by atoms with Crippen LogP contribution in [0.1, 0.15) is 12.5 Å². The molecular weight excluding hydrogens is 236 g/mol. The molecule has 1 saturated heterocycles. The number of nitro groups is 1. The lowest BCUT2D eigenvalue weighted by atomic mass is 10.1. The van der Waals surface area contributed by atoms with E-state index < -0.39 is 4.92 Å². The van der Waals surface area contributed by atoms with E-state index in [1.54, 1.807) is 23.1 Å². The summed E-state index contributed by atoms with van der Waals surface area (Å²) < 4.78 is 5.21. The van der Waals surface area contributed by atoms with Crippen molar-refractivity contribution in [1.82, 2.24) is 4.90 Å². The normalized spacial score (nSPS) is 19.9. The van der Waals surface area contributed by atoms with Crippen LogP contribution in [0, 0.1) is 10.1 Å². The molecule has 0 aliphatic carbocycles. The Bertz CT molecular complexity index is 475. The van der Waals surface area contributed by atoms with Gasteiger partial charge in [-0.05, 0) is 6.92 Å². The van der Waals surface area contributed by atoms with Gasteiger partial charge in [-0.3, -0.25) is 14.9 Å². The smallest absolute Gasteiger partial charge is 0.274 e. The molecule has 1 aromatic rings. The van der Waals surface area contributed by atoms with E-state index >= 15 is 0 Å². The average Bonchev–Trinajstić information content (AvgIpc) is 2.34. The molecule has 1 amide bonds. The van der Waals surface area contributed by atoms with Gasteiger partial charge < -0.3 is 9.64 Å². The van der Waals surface area contributed by atoms with Crippen LogP contribution >= 0.6 is 0 Å². The van der Waals surface area contributed by atoms with Crippen LogP contribution in [0.2, 0.25) is 0 Å². The molecule has 1 atom stereocenters. The lowest BCUT2D eigenvalue weighted by Crippen LogP contribution is -2.45. The highest BCUT2D eigenvalue weighted by molar-refractivity contribution is 5.78. The summed E-state index contributed by atoms with van der Waals surface area (Å²) in [5, 5.41) is 10.9. The molecule has 0 radical (unpaired) electrons. The van der Waals surface area contributed by atoms with Gasteiger partial charge in [0.15, 0.2) is 0 Å². The summed E-state index contributed by atoms with van der Waals surface area (Å²) in [6, 6.07) is 6.47. The number of morpholine rings is 1. The van der Waals surface area contributed by atoms with Crippen molar-refractivity contribution >= 4 is 11.6 Å². The Morgan fingerprint density at radius 2 is 2.22 bits per heavy atom. The van der Waals surface area contributed by atoms with E-state index in [2.05, 4.69) is 0 Å². The molecule has 1 aliphatic heterocycles. The number of ether oxygens (including phenoxy) is 1. The minimum absolute atomic E-state index is 0.0366. The second kappa shape index (κ2) is 5.14. The molecule has 0 N–H and O–H groups in total. The van der Waals surface area contributed by atoms with E-state index in [0.29, 0.717) is 12.1 Å². The van der Waals surface area contributed by atoms with Gasteiger partial charge in [0.2, 0.25) is 5.91 Å². The SMILES string of the molecule is CC1CN(Cc2ccccc2[N+](=O)[O-])C(=O)CO1. The van der Waals surface area contributed by atoms with Gasteiger partial charge in [-0.15, -0.1) is 0 Å². The predicted octanol–water partition coefficient (Wildman–Crippen LogP) is 1.34. The highest BCUT2D eigenvalue weighted by atomic mass is 16.6. The van der Waals surface area contributed by atoms with E-state index in [1.807, 2.05) is 6.92 Å². The number of para-hydroxylation sites is 1. The monoisotopic (exact) mass is 250 g/mol. The summed E-state index contributed by atoms with van der Waals surface area (Å²) in [7, 11) is 0. The molecule has 0 saturated carbocycles. The molecule has 1 aliphatic rings. The van der Waals surface area contributed by atoms with Crippen LogP contribution in [-0.4, -0.2) is 35.0 Å². The fraction of sp³-hybridized carbons (Fsp3) is 0.417. The molecule has 0 aromatic heterocycles. The number of amides is 1. The highest BCUT2D eigenvalue weighted by Gasteiger charge is 2.25. The lowest BCUT2D eigenvalue weighted by Gasteiger charge is -2.30. The molecule has 1 heterocycles. The van der Waals surface area contributed by atoms with E-state index in [-0.39, 0.29) is 30.9 Å². The number of hydrogen-bond acceptors (Lipinski definition) is 4. The first-order valence-electron chi connectivity index (χ1n) is 5.69. The van der Waals surface area contributed by atoms with Crippen molar-refractivity contribution in [2.75, 3.05) is 13.2 Å². The van der Waals surface area contributed by atoms with Crippen LogP contribution in [-0.2, 0) is 16.1 Å². The summed E-state index contributed by atoms with van der Waals surface area (Å²) in [6.45, 7) is 2.63. The van der Waals surface area contributed by atoms with Crippen molar-refractivity contribution in [3.8, 4) is 0 Å². The minimum atomic E-state index is -0.427. The van der Waals surface area contributed by atoms with Crippen LogP contribution < -0.4 is 0 Å². The fourth-order valence-corrected chi connectivity index (χ4v) is 1.95. The molecule has 6 nitrogen and oxygen atoms in total. The number of nitrogens with zero attached hydrogens (tertiary/aromatic N) is 2. The van der Waals surface area contributed by atoms with Gasteiger partial charge in [-0.2, -0.15) is 0 Å². The molecule has 1 unspecified atom stereocenters. The van der Waals surface area contributed by atoms with Gasteiger partial charge in [0.25, 0.3) is 5.69 Å². The Morgan fingerprint density at radius 3 is 2.94 bits per heavy atom. The quantitative estimate of drug-likeness (QED) is 0.599. The fourth-order valence-electron chi connectivity index (χ4n) is 1.95. The average molecular weight is 250 g/mol. The van der Waals surface area contributed by atoms with Gasteiger partial charge in [0.05, 0.1) is 17.6 Å². The summed E-state index contributed by atoms with van der Waals surface area (Å²) in [4.78, 5) is 23.7. The molecule has 6 heteroatoms. The third-order valence-electron chi connectivity index (χ3n) is 2.87. The van der Waals surface area contributed by atoms with E-state index in [4.69, 9.17) is 4.74 Å². The zero-order valence-corrected chi connectivity index (χ0v) is 10.0. The Morgan fingerprint density at radius 1 is 1.50 bits per heavy atom. The van der Waals surface area contributed by atoms with Gasteiger partial charge in [-0.1, -0.05) is 18.2 Å². The number of carbonyl (C=O) groups is 1. The predicted molar refractivity (Wildman–Crippen MR) is 63.9 cm³/mol. The van der Waals surface area contributed by atoms with Crippen molar-refractivity contribution < 1.29 is 14.5 Å². The number of rotatable bonds is 3. The summed E-state index contributed by atoms with van der Waals surface area (Å²) in [5.74, 6) is -0.133. The maximum Gasteiger partial charge on any atom is 0.274 e. The first-order valence-corrected chi connectivity index (χ1v) is 5.69. The standard InChI is InChI=1S/C12H14N2O4/c1-9-6-13(12(15)8-18-9)7-10-4-2-3-5-11(10)14(16)17/h2-5,9H,6-8H2,1H3. The van der Waals surface area contributed by atoms with Crippen LogP contribution in [0.5, 0.6) is 0 Å². The summed E-state index contributed by atoms with van der Waals surface area (Å²) in [5.41, 5.74) is 0.592. The first-order chi connectivity index (χ1) is 8.58. The molecule has 0 bridgehead atoms. The van der Waals surface area contributed by atoms with E-state index in [9.17, 15) is 14.9 Å². The van der Waals surface area contributed by atoms with Gasteiger partial charge >= 0.3 is 0 Å². The Kier molecular flexibility index (Phi) is 3.57. The van der Waals surface area contributed by atoms with Crippen LogP contribution in [0.15, 0.2) is 24.3 Å². The summed E-state index contributed by atoms with van der Waals surface area (Å²) >= 11 is 0. The zero-order chi connectivity index (χ0) is 13.1. The van der Waals surface area contributed by atoms with Crippen molar-refractivity contribution in [1.29, 1.82) is 0 Å². The van der Waals surface area contributed by atoms with E-state index in [1.165, 1.54) is 6.07 Å². The highest BCUT2D eigenvalue weighted by Crippen LogP contribution is 2.20. The maximum atomic E-state index is 11.7. The van der Waals surface area contributed by atoms with E-state index in [0.717, 1.165) is 0 Å². The third kappa shape index (κ3) is 2.65. The van der Waals surface area contributed by atoms with Crippen molar-refractivity contribution in [3.63, 3.8) is 0 Å². The second-order valence-electron chi connectivity index (χ2n) is 4.28. The molecule has 2 rings (SSSR count). The number of benzene rings is 1. The van der Waals surface area contributed by atoms with Crippen molar-refractivity contribution in [2.24, 2.45) is 0 Å². The molecule has 96 valence electrons. The molecule has 0 spiro atoms. The zero-order valence-electron chi connectivity index (χ0n) is 10.0. The molecular formula is C12H14N2O4. The third-order valence-corrected chi connectivity index (χ3v) is 2.87. The Balaban J connectivity index is 2.18. The largest absolute Gasteiger partial charge is 0.367 e. The lowest BCUT2D eigenvalue weighted by molar-refractivity contribution is -0.385. The topological polar surface area (TPSA) is 72.7 Å². The molecule has 1 aromatic carbocycles. The van der Waals surface area contributed by atoms with Crippen molar-refractivity contribution in [3.05, 3.63) is 39.9 Å². The van der Waals surface area contributed by atoms with Gasteiger partial charge in [-0.25, -0.2) is 0 Å². The van der Waals surface area contributed by atoms with Crippen LogP contribution in [0.3, 0.4) is 0 Å². The number of carbonyl (C=O) groups excluding carboxylic acids is 1. The number of hydrogen-bond donors (Lipinski definition) is 0. The maximum absolute atomic E-state index is 11.7.